The summed E-state index contributed by atoms with van der Waals surface area (Å²) in [6.45, 7) is 6.48. The Kier molecular flexibility index (Phi) is 14.7. The van der Waals surface area contributed by atoms with Gasteiger partial charge in [0.15, 0.2) is 0 Å². The maximum absolute atomic E-state index is 4.55. The van der Waals surface area contributed by atoms with Crippen molar-refractivity contribution in [2.45, 2.75) is 111 Å². The van der Waals surface area contributed by atoms with Gasteiger partial charge in [0.05, 0.1) is 5.69 Å². The monoisotopic (exact) mass is 342 g/mol. The molecule has 1 heterocycles. The van der Waals surface area contributed by atoms with Gasteiger partial charge in [0, 0.05) is 12.1 Å². The van der Waals surface area contributed by atoms with Gasteiger partial charge in [-0.15, -0.1) is 12.4 Å². The average Bonchev–Trinajstić information content (AvgIpc) is 2.82. The van der Waals surface area contributed by atoms with Crippen molar-refractivity contribution in [3.63, 3.8) is 0 Å². The van der Waals surface area contributed by atoms with E-state index in [1.54, 1.807) is 0 Å². The summed E-state index contributed by atoms with van der Waals surface area (Å²) in [6.07, 6.45) is 19.5. The van der Waals surface area contributed by atoms with E-state index in [9.17, 15) is 0 Å². The van der Waals surface area contributed by atoms with Crippen LogP contribution in [0.2, 0.25) is 0 Å². The van der Waals surface area contributed by atoms with E-state index in [-0.39, 0.29) is 12.4 Å². The van der Waals surface area contributed by atoms with Crippen molar-refractivity contribution in [3.05, 3.63) is 17.2 Å². The zero-order valence-corrected chi connectivity index (χ0v) is 16.6. The van der Waals surface area contributed by atoms with E-state index in [1.165, 1.54) is 95.0 Å². The third-order valence-corrected chi connectivity index (χ3v) is 4.69. The van der Waals surface area contributed by atoms with E-state index in [0.717, 1.165) is 12.1 Å². The number of rotatable bonds is 14. The van der Waals surface area contributed by atoms with Gasteiger partial charge >= 0.3 is 0 Å². The molecular weight excluding hydrogens is 304 g/mol. The summed E-state index contributed by atoms with van der Waals surface area (Å²) in [5.74, 6) is 1.18. The van der Waals surface area contributed by atoms with Gasteiger partial charge in [-0.1, -0.05) is 84.0 Å². The SMILES string of the molecule is CCCCCCCCCCCCCCCc1nc(C)c(C)[nH]1.Cl. The van der Waals surface area contributed by atoms with Crippen molar-refractivity contribution in [1.29, 1.82) is 0 Å². The lowest BCUT2D eigenvalue weighted by Crippen LogP contribution is -1.89. The Hall–Kier alpha value is -0.500. The van der Waals surface area contributed by atoms with Gasteiger partial charge < -0.3 is 4.98 Å². The molecule has 1 N–H and O–H groups in total. The van der Waals surface area contributed by atoms with Crippen LogP contribution in [-0.4, -0.2) is 9.97 Å². The predicted molar refractivity (Wildman–Crippen MR) is 105 cm³/mol. The molecule has 0 atom stereocenters. The van der Waals surface area contributed by atoms with Gasteiger partial charge in [0.1, 0.15) is 5.82 Å². The van der Waals surface area contributed by atoms with Gasteiger partial charge in [0.2, 0.25) is 0 Å². The molecule has 0 spiro atoms. The van der Waals surface area contributed by atoms with E-state index in [1.807, 2.05) is 0 Å². The summed E-state index contributed by atoms with van der Waals surface area (Å²) in [5.41, 5.74) is 2.38. The molecule has 3 heteroatoms. The summed E-state index contributed by atoms with van der Waals surface area (Å²) in [5, 5.41) is 0. The molecule has 0 aliphatic rings. The van der Waals surface area contributed by atoms with Crippen molar-refractivity contribution < 1.29 is 0 Å². The Labute approximate surface area is 150 Å². The predicted octanol–water partition coefficient (Wildman–Crippen LogP) is 7.08. The standard InChI is InChI=1S/C20H38N2.ClH/c1-4-5-6-7-8-9-10-11-12-13-14-15-16-17-20-21-18(2)19(3)22-20;/h4-17H2,1-3H3,(H,21,22);1H. The van der Waals surface area contributed by atoms with Gasteiger partial charge in [-0.25, -0.2) is 4.98 Å². The minimum absolute atomic E-state index is 0. The number of aromatic nitrogens is 2. The normalized spacial score (nSPS) is 10.7. The Morgan fingerprint density at radius 1 is 0.696 bits per heavy atom. The molecule has 0 saturated carbocycles. The quantitative estimate of drug-likeness (QED) is 0.359. The molecule has 2 nitrogen and oxygen atoms in total. The van der Waals surface area contributed by atoms with E-state index < -0.39 is 0 Å². The van der Waals surface area contributed by atoms with Crippen molar-refractivity contribution in [2.75, 3.05) is 0 Å². The molecule has 0 unspecified atom stereocenters. The highest BCUT2D eigenvalue weighted by Crippen LogP contribution is 2.13. The smallest absolute Gasteiger partial charge is 0.106 e. The summed E-state index contributed by atoms with van der Waals surface area (Å²) < 4.78 is 0. The van der Waals surface area contributed by atoms with Crippen molar-refractivity contribution in [2.24, 2.45) is 0 Å². The fourth-order valence-corrected chi connectivity index (χ4v) is 3.05. The Morgan fingerprint density at radius 2 is 1.13 bits per heavy atom. The highest BCUT2D eigenvalue weighted by atomic mass is 35.5. The van der Waals surface area contributed by atoms with Crippen molar-refractivity contribution >= 4 is 12.4 Å². The lowest BCUT2D eigenvalue weighted by Gasteiger charge is -2.02. The van der Waals surface area contributed by atoms with Crippen LogP contribution in [0.5, 0.6) is 0 Å². The molecule has 136 valence electrons. The van der Waals surface area contributed by atoms with Crippen LogP contribution in [0.4, 0.5) is 0 Å². The van der Waals surface area contributed by atoms with E-state index in [2.05, 4.69) is 30.7 Å². The van der Waals surface area contributed by atoms with Crippen LogP contribution in [0, 0.1) is 13.8 Å². The van der Waals surface area contributed by atoms with Crippen molar-refractivity contribution in [1.82, 2.24) is 9.97 Å². The average molecular weight is 343 g/mol. The van der Waals surface area contributed by atoms with E-state index in [0.29, 0.717) is 0 Å². The van der Waals surface area contributed by atoms with Crippen LogP contribution >= 0.6 is 12.4 Å². The maximum Gasteiger partial charge on any atom is 0.106 e. The number of nitrogens with zero attached hydrogens (tertiary/aromatic N) is 1. The summed E-state index contributed by atoms with van der Waals surface area (Å²) in [6, 6.07) is 0. The largest absolute Gasteiger partial charge is 0.346 e. The molecule has 0 aliphatic heterocycles. The maximum atomic E-state index is 4.55. The van der Waals surface area contributed by atoms with E-state index in [4.69, 9.17) is 0 Å². The molecular formula is C20H39ClN2. The first-order valence-electron chi connectivity index (χ1n) is 9.76. The molecule has 0 bridgehead atoms. The number of halogens is 1. The Morgan fingerprint density at radius 3 is 1.52 bits per heavy atom. The summed E-state index contributed by atoms with van der Waals surface area (Å²) in [7, 11) is 0. The van der Waals surface area contributed by atoms with Crippen LogP contribution in [0.1, 0.15) is 108 Å². The Bertz CT molecular complexity index is 354. The second-order valence-electron chi connectivity index (χ2n) is 6.89. The molecule has 0 aliphatic carbocycles. The first-order chi connectivity index (χ1) is 10.7. The fraction of sp³-hybridized carbons (Fsp3) is 0.850. The highest BCUT2D eigenvalue weighted by molar-refractivity contribution is 5.85. The lowest BCUT2D eigenvalue weighted by molar-refractivity contribution is 0.538. The fourth-order valence-electron chi connectivity index (χ4n) is 3.05. The summed E-state index contributed by atoms with van der Waals surface area (Å²) in [4.78, 5) is 7.93. The molecule has 1 aromatic heterocycles. The minimum Gasteiger partial charge on any atom is -0.346 e. The second kappa shape index (κ2) is 15.1. The van der Waals surface area contributed by atoms with Crippen LogP contribution in [0.15, 0.2) is 0 Å². The first-order valence-corrected chi connectivity index (χ1v) is 9.76. The summed E-state index contributed by atoms with van der Waals surface area (Å²) >= 11 is 0. The number of hydrogen-bond acceptors (Lipinski definition) is 1. The molecule has 0 saturated heterocycles. The van der Waals surface area contributed by atoms with Gasteiger partial charge in [0.25, 0.3) is 0 Å². The van der Waals surface area contributed by atoms with Crippen molar-refractivity contribution in [3.8, 4) is 0 Å². The highest BCUT2D eigenvalue weighted by Gasteiger charge is 2.01. The third-order valence-electron chi connectivity index (χ3n) is 4.69. The van der Waals surface area contributed by atoms with E-state index >= 15 is 0 Å². The first kappa shape index (κ1) is 22.5. The number of imidazole rings is 1. The number of aryl methyl sites for hydroxylation is 3. The molecule has 23 heavy (non-hydrogen) atoms. The Balaban J connectivity index is 0.00000484. The molecule has 1 rings (SSSR count). The minimum atomic E-state index is 0. The number of unbranched alkanes of at least 4 members (excludes halogenated alkanes) is 12. The molecule has 1 aromatic rings. The number of H-pyrrole nitrogens is 1. The number of hydrogen-bond donors (Lipinski definition) is 1. The molecule has 0 aromatic carbocycles. The molecule has 0 fully saturated rings. The molecule has 0 radical (unpaired) electrons. The van der Waals surface area contributed by atoms with Crippen LogP contribution in [-0.2, 0) is 6.42 Å². The number of aromatic amines is 1. The van der Waals surface area contributed by atoms with Crippen LogP contribution < -0.4 is 0 Å². The third kappa shape index (κ3) is 11.6. The van der Waals surface area contributed by atoms with Gasteiger partial charge in [-0.3, -0.25) is 0 Å². The lowest BCUT2D eigenvalue weighted by atomic mass is 10.0. The van der Waals surface area contributed by atoms with Gasteiger partial charge in [-0.2, -0.15) is 0 Å². The zero-order valence-electron chi connectivity index (χ0n) is 15.8. The van der Waals surface area contributed by atoms with Crippen LogP contribution in [0.25, 0.3) is 0 Å². The van der Waals surface area contributed by atoms with Crippen LogP contribution in [0.3, 0.4) is 0 Å². The zero-order chi connectivity index (χ0) is 16.0. The van der Waals surface area contributed by atoms with Gasteiger partial charge in [-0.05, 0) is 20.3 Å². The second-order valence-corrected chi connectivity index (χ2v) is 6.89. The number of nitrogens with one attached hydrogen (secondary N) is 1. The topological polar surface area (TPSA) is 28.7 Å². The molecule has 0 amide bonds.